The minimum Gasteiger partial charge on any atom is -0.486 e. The number of nitrogens with zero attached hydrogens (tertiary/aromatic N) is 2. The number of carbonyl (C=O) groups excluding carboxylic acids is 1. The van der Waals surface area contributed by atoms with Crippen LogP contribution in [0.4, 0.5) is 0 Å². The molecule has 0 saturated carbocycles. The molecule has 0 bridgehead atoms. The highest BCUT2D eigenvalue weighted by molar-refractivity contribution is 7.99. The van der Waals surface area contributed by atoms with E-state index in [4.69, 9.17) is 14.5 Å². The van der Waals surface area contributed by atoms with Crippen molar-refractivity contribution in [3.8, 4) is 17.2 Å². The topological polar surface area (TPSA) is 82.5 Å². The van der Waals surface area contributed by atoms with E-state index in [2.05, 4.69) is 5.32 Å². The first kappa shape index (κ1) is 23.0. The molecule has 0 spiro atoms. The molecule has 1 atom stereocenters. The number of hydrogen-bond donors (Lipinski definition) is 1. The Morgan fingerprint density at radius 1 is 1.06 bits per heavy atom. The third kappa shape index (κ3) is 4.88. The van der Waals surface area contributed by atoms with Crippen LogP contribution in [0.3, 0.4) is 0 Å². The van der Waals surface area contributed by atoms with E-state index in [-0.39, 0.29) is 23.3 Å². The van der Waals surface area contributed by atoms with Crippen molar-refractivity contribution in [2.75, 3.05) is 18.9 Å². The number of ether oxygens (including phenoxy) is 2. The number of nitrogens with one attached hydrogen (secondary N) is 1. The van der Waals surface area contributed by atoms with Crippen LogP contribution in [0.2, 0.25) is 0 Å². The van der Waals surface area contributed by atoms with E-state index in [1.54, 1.807) is 10.6 Å². The fourth-order valence-corrected chi connectivity index (χ4v) is 4.72. The maximum Gasteiger partial charge on any atom is 0.266 e. The van der Waals surface area contributed by atoms with Gasteiger partial charge in [0.15, 0.2) is 16.7 Å². The van der Waals surface area contributed by atoms with Gasteiger partial charge in [0.1, 0.15) is 12.7 Å². The van der Waals surface area contributed by atoms with Crippen LogP contribution in [-0.4, -0.2) is 40.5 Å². The highest BCUT2D eigenvalue weighted by atomic mass is 32.2. The van der Waals surface area contributed by atoms with Crippen LogP contribution >= 0.6 is 11.8 Å². The highest BCUT2D eigenvalue weighted by Gasteiger charge is 2.21. The molecule has 5 rings (SSSR count). The minimum atomic E-state index is -0.272. The number of para-hydroxylation sites is 3. The number of amides is 1. The number of carbonyl (C=O) groups is 1. The Labute approximate surface area is 207 Å². The first-order chi connectivity index (χ1) is 17.0. The van der Waals surface area contributed by atoms with Gasteiger partial charge in [-0.05, 0) is 61.4 Å². The van der Waals surface area contributed by atoms with Crippen molar-refractivity contribution in [1.82, 2.24) is 14.9 Å². The molecule has 4 aromatic rings. The van der Waals surface area contributed by atoms with Crippen molar-refractivity contribution in [2.24, 2.45) is 0 Å². The second-order valence-electron chi connectivity index (χ2n) is 8.41. The third-order valence-corrected chi connectivity index (χ3v) is 6.86. The predicted molar refractivity (Wildman–Crippen MR) is 137 cm³/mol. The van der Waals surface area contributed by atoms with Crippen LogP contribution < -0.4 is 20.3 Å². The smallest absolute Gasteiger partial charge is 0.266 e. The Kier molecular flexibility index (Phi) is 6.46. The summed E-state index contributed by atoms with van der Waals surface area (Å²) in [4.78, 5) is 30.8. The summed E-state index contributed by atoms with van der Waals surface area (Å²) in [6, 6.07) is 20.6. The standard InChI is InChI=1S/C27H25N3O4S/c1-17-11-12-19(13-18(17)2)30-26(32)21-7-3-4-8-22(21)29-27(30)35-16-25(31)28-14-20-15-33-23-9-5-6-10-24(23)34-20/h3-13,20H,14-16H2,1-2H3,(H,28,31). The Morgan fingerprint density at radius 3 is 2.66 bits per heavy atom. The second-order valence-corrected chi connectivity index (χ2v) is 9.35. The molecule has 0 aliphatic carbocycles. The maximum absolute atomic E-state index is 13.4. The summed E-state index contributed by atoms with van der Waals surface area (Å²) in [6.07, 6.45) is -0.272. The van der Waals surface area contributed by atoms with E-state index in [0.717, 1.165) is 16.8 Å². The second kappa shape index (κ2) is 9.84. The summed E-state index contributed by atoms with van der Waals surface area (Å²) in [5, 5.41) is 3.91. The van der Waals surface area contributed by atoms with Gasteiger partial charge in [0.05, 0.1) is 28.9 Å². The molecule has 7 nitrogen and oxygen atoms in total. The Morgan fingerprint density at radius 2 is 1.83 bits per heavy atom. The summed E-state index contributed by atoms with van der Waals surface area (Å²) in [7, 11) is 0. The van der Waals surface area contributed by atoms with Crippen molar-refractivity contribution >= 4 is 28.6 Å². The maximum atomic E-state index is 13.4. The van der Waals surface area contributed by atoms with E-state index in [1.807, 2.05) is 74.5 Å². The van der Waals surface area contributed by atoms with Crippen LogP contribution in [0.1, 0.15) is 11.1 Å². The summed E-state index contributed by atoms with van der Waals surface area (Å²) in [6.45, 7) is 4.72. The zero-order valence-electron chi connectivity index (χ0n) is 19.5. The van der Waals surface area contributed by atoms with E-state index in [9.17, 15) is 9.59 Å². The van der Waals surface area contributed by atoms with Gasteiger partial charge >= 0.3 is 0 Å². The van der Waals surface area contributed by atoms with Crippen molar-refractivity contribution in [3.63, 3.8) is 0 Å². The van der Waals surface area contributed by atoms with Crippen molar-refractivity contribution in [3.05, 3.63) is 88.2 Å². The van der Waals surface area contributed by atoms with Crippen molar-refractivity contribution in [2.45, 2.75) is 25.1 Å². The molecule has 3 aromatic carbocycles. The Bertz CT molecular complexity index is 1470. The molecule has 1 aliphatic heterocycles. The normalized spacial score (nSPS) is 14.6. The van der Waals surface area contributed by atoms with Crippen LogP contribution in [0.5, 0.6) is 11.5 Å². The first-order valence-electron chi connectivity index (χ1n) is 11.4. The zero-order valence-corrected chi connectivity index (χ0v) is 20.3. The number of aromatic nitrogens is 2. The predicted octanol–water partition coefficient (Wildman–Crippen LogP) is 4.05. The molecule has 1 aliphatic rings. The molecule has 0 saturated heterocycles. The number of hydrogen-bond acceptors (Lipinski definition) is 6. The SMILES string of the molecule is Cc1ccc(-n2c(SCC(=O)NCC3COc4ccccc4O3)nc3ccccc3c2=O)cc1C. The molecule has 0 fully saturated rings. The number of rotatable bonds is 6. The van der Waals surface area contributed by atoms with Crippen LogP contribution in [0, 0.1) is 13.8 Å². The number of thioether (sulfide) groups is 1. The average Bonchev–Trinajstić information content (AvgIpc) is 2.88. The van der Waals surface area contributed by atoms with Crippen LogP contribution in [0.15, 0.2) is 76.7 Å². The Hall–Kier alpha value is -3.78. The first-order valence-corrected chi connectivity index (χ1v) is 12.4. The largest absolute Gasteiger partial charge is 0.486 e. The molecule has 35 heavy (non-hydrogen) atoms. The van der Waals surface area contributed by atoms with Gasteiger partial charge in [0.25, 0.3) is 5.56 Å². The molecular weight excluding hydrogens is 462 g/mol. The molecule has 2 heterocycles. The molecule has 8 heteroatoms. The van der Waals surface area contributed by atoms with Gasteiger partial charge in [-0.2, -0.15) is 0 Å². The molecule has 0 radical (unpaired) electrons. The zero-order chi connectivity index (χ0) is 24.4. The van der Waals surface area contributed by atoms with Crippen LogP contribution in [-0.2, 0) is 4.79 Å². The lowest BCUT2D eigenvalue weighted by atomic mass is 10.1. The molecule has 1 amide bonds. The molecule has 1 unspecified atom stereocenters. The quantitative estimate of drug-likeness (QED) is 0.326. The lowest BCUT2D eigenvalue weighted by Gasteiger charge is -2.26. The van der Waals surface area contributed by atoms with E-state index in [0.29, 0.717) is 40.7 Å². The minimum absolute atomic E-state index is 0.111. The van der Waals surface area contributed by atoms with Gasteiger partial charge in [-0.3, -0.25) is 14.2 Å². The van der Waals surface area contributed by atoms with Gasteiger partial charge in [0.2, 0.25) is 5.91 Å². The number of benzene rings is 3. The third-order valence-electron chi connectivity index (χ3n) is 5.92. The Balaban J connectivity index is 1.32. The molecule has 1 aromatic heterocycles. The fourth-order valence-electron chi connectivity index (χ4n) is 3.87. The van der Waals surface area contributed by atoms with E-state index >= 15 is 0 Å². The summed E-state index contributed by atoms with van der Waals surface area (Å²) in [5.41, 5.74) is 3.39. The van der Waals surface area contributed by atoms with Crippen LogP contribution in [0.25, 0.3) is 16.6 Å². The number of aryl methyl sites for hydroxylation is 2. The summed E-state index contributed by atoms with van der Waals surface area (Å²) >= 11 is 1.23. The van der Waals surface area contributed by atoms with Gasteiger partial charge in [-0.1, -0.05) is 42.1 Å². The monoisotopic (exact) mass is 487 g/mol. The summed E-state index contributed by atoms with van der Waals surface area (Å²) in [5.74, 6) is 1.31. The highest BCUT2D eigenvalue weighted by Crippen LogP contribution is 2.30. The van der Waals surface area contributed by atoms with Gasteiger partial charge in [-0.25, -0.2) is 4.98 Å². The summed E-state index contributed by atoms with van der Waals surface area (Å²) < 4.78 is 13.2. The average molecular weight is 488 g/mol. The fraction of sp³-hybridized carbons (Fsp3) is 0.222. The molecule has 178 valence electrons. The van der Waals surface area contributed by atoms with Crippen molar-refractivity contribution in [1.29, 1.82) is 0 Å². The molecule has 1 N–H and O–H groups in total. The van der Waals surface area contributed by atoms with Crippen molar-refractivity contribution < 1.29 is 14.3 Å². The van der Waals surface area contributed by atoms with E-state index in [1.165, 1.54) is 11.8 Å². The lowest BCUT2D eigenvalue weighted by molar-refractivity contribution is -0.119. The van der Waals surface area contributed by atoms with Gasteiger partial charge < -0.3 is 14.8 Å². The van der Waals surface area contributed by atoms with Gasteiger partial charge in [-0.15, -0.1) is 0 Å². The lowest BCUT2D eigenvalue weighted by Crippen LogP contribution is -2.41. The van der Waals surface area contributed by atoms with E-state index < -0.39 is 0 Å². The van der Waals surface area contributed by atoms with Gasteiger partial charge in [0, 0.05) is 0 Å². The molecular formula is C27H25N3O4S. The number of fused-ring (bicyclic) bond motifs is 2.